The highest BCUT2D eigenvalue weighted by atomic mass is 19.4. The molecule has 1 aromatic carbocycles. The van der Waals surface area contributed by atoms with Crippen LogP contribution in [-0.4, -0.2) is 28.3 Å². The average molecular weight is 282 g/mol. The van der Waals surface area contributed by atoms with Gasteiger partial charge in [-0.05, 0) is 24.1 Å². The van der Waals surface area contributed by atoms with Gasteiger partial charge in [-0.15, -0.1) is 0 Å². The second kappa shape index (κ2) is 7.34. The molecule has 0 aliphatic rings. The summed E-state index contributed by atoms with van der Waals surface area (Å²) in [6.07, 6.45) is -4.54. The molecule has 8 heteroatoms. The summed E-state index contributed by atoms with van der Waals surface area (Å²) in [7, 11) is 0. The molecular weight excluding hydrogens is 272 g/mol. The Morgan fingerprint density at radius 2 is 1.47 bits per heavy atom. The molecule has 0 aromatic heterocycles. The largest absolute Gasteiger partial charge is 0.490 e. The summed E-state index contributed by atoms with van der Waals surface area (Å²) >= 11 is 0. The van der Waals surface area contributed by atoms with Crippen LogP contribution in [0.3, 0.4) is 0 Å². The minimum absolute atomic E-state index is 0.0889. The molecule has 0 aliphatic heterocycles. The minimum atomic E-state index is -5.08. The Morgan fingerprint density at radius 3 is 1.79 bits per heavy atom. The molecular formula is C11H10F4O4. The van der Waals surface area contributed by atoms with Gasteiger partial charge in [-0.1, -0.05) is 12.1 Å². The standard InChI is InChI=1S/C9H9FO2.C2HF3O2/c10-8-4-1-7(2-5-8)3-6-9(11)12;3-2(4,5)1(6)7/h1-2,4-5H,3,6H2,(H,11,12);(H,6,7). The van der Waals surface area contributed by atoms with Crippen LogP contribution in [0.1, 0.15) is 12.0 Å². The van der Waals surface area contributed by atoms with Crippen LogP contribution in [0.15, 0.2) is 24.3 Å². The number of hydrogen-bond donors (Lipinski definition) is 2. The normalized spacial score (nSPS) is 10.3. The second-order valence-electron chi connectivity index (χ2n) is 3.32. The van der Waals surface area contributed by atoms with Crippen LogP contribution in [0.25, 0.3) is 0 Å². The molecule has 0 saturated heterocycles. The molecule has 0 aliphatic carbocycles. The molecule has 1 rings (SSSR count). The summed E-state index contributed by atoms with van der Waals surface area (Å²) in [5.74, 6) is -3.89. The number of carboxylic acid groups (broad SMARTS) is 2. The van der Waals surface area contributed by atoms with Crippen molar-refractivity contribution in [2.75, 3.05) is 0 Å². The molecule has 19 heavy (non-hydrogen) atoms. The van der Waals surface area contributed by atoms with Gasteiger partial charge >= 0.3 is 18.1 Å². The Balaban J connectivity index is 0.000000399. The van der Waals surface area contributed by atoms with E-state index >= 15 is 0 Å². The molecule has 0 unspecified atom stereocenters. The molecule has 0 radical (unpaired) electrons. The third kappa shape index (κ3) is 8.58. The van der Waals surface area contributed by atoms with Gasteiger partial charge in [0.2, 0.25) is 0 Å². The zero-order valence-electron chi connectivity index (χ0n) is 9.45. The Labute approximate surface area is 105 Å². The van der Waals surface area contributed by atoms with Crippen LogP contribution in [-0.2, 0) is 16.0 Å². The van der Waals surface area contributed by atoms with Crippen molar-refractivity contribution in [2.45, 2.75) is 19.0 Å². The highest BCUT2D eigenvalue weighted by Gasteiger charge is 2.38. The van der Waals surface area contributed by atoms with Gasteiger partial charge in [0.05, 0.1) is 0 Å². The summed E-state index contributed by atoms with van der Waals surface area (Å²) in [6.45, 7) is 0. The molecule has 106 valence electrons. The average Bonchev–Trinajstić information content (AvgIpc) is 2.27. The van der Waals surface area contributed by atoms with E-state index in [0.717, 1.165) is 5.56 Å². The van der Waals surface area contributed by atoms with Crippen molar-refractivity contribution in [2.24, 2.45) is 0 Å². The maximum Gasteiger partial charge on any atom is 0.490 e. The number of carboxylic acids is 2. The van der Waals surface area contributed by atoms with E-state index in [2.05, 4.69) is 0 Å². The lowest BCUT2D eigenvalue weighted by molar-refractivity contribution is -0.192. The number of aryl methyl sites for hydroxylation is 1. The van der Waals surface area contributed by atoms with Crippen LogP contribution < -0.4 is 0 Å². The molecule has 0 fully saturated rings. The predicted molar refractivity (Wildman–Crippen MR) is 56.0 cm³/mol. The van der Waals surface area contributed by atoms with Gasteiger partial charge < -0.3 is 10.2 Å². The molecule has 1 aromatic rings. The van der Waals surface area contributed by atoms with Crippen LogP contribution in [0.4, 0.5) is 17.6 Å². The van der Waals surface area contributed by atoms with E-state index in [9.17, 15) is 22.4 Å². The van der Waals surface area contributed by atoms with Crippen LogP contribution >= 0.6 is 0 Å². The zero-order valence-corrected chi connectivity index (χ0v) is 9.45. The van der Waals surface area contributed by atoms with Crippen LogP contribution in [0.5, 0.6) is 0 Å². The first-order valence-electron chi connectivity index (χ1n) is 4.89. The lowest BCUT2D eigenvalue weighted by Gasteiger charge is -1.96. The van der Waals surface area contributed by atoms with Crippen molar-refractivity contribution in [3.8, 4) is 0 Å². The van der Waals surface area contributed by atoms with E-state index in [4.69, 9.17) is 15.0 Å². The van der Waals surface area contributed by atoms with E-state index in [1.54, 1.807) is 12.1 Å². The highest BCUT2D eigenvalue weighted by Crippen LogP contribution is 2.13. The second-order valence-corrected chi connectivity index (χ2v) is 3.32. The predicted octanol–water partition coefficient (Wildman–Crippen LogP) is 2.48. The quantitative estimate of drug-likeness (QED) is 0.835. The summed E-state index contributed by atoms with van der Waals surface area (Å²) in [6, 6.07) is 5.85. The van der Waals surface area contributed by atoms with Gasteiger partial charge in [0.1, 0.15) is 5.82 Å². The number of carbonyl (C=O) groups is 2. The fourth-order valence-electron chi connectivity index (χ4n) is 0.902. The Morgan fingerprint density at radius 1 is 1.05 bits per heavy atom. The van der Waals surface area contributed by atoms with Gasteiger partial charge in [-0.2, -0.15) is 13.2 Å². The van der Waals surface area contributed by atoms with Gasteiger partial charge in [0.15, 0.2) is 0 Å². The van der Waals surface area contributed by atoms with Crippen molar-refractivity contribution in [3.05, 3.63) is 35.6 Å². The van der Waals surface area contributed by atoms with Gasteiger partial charge in [0.25, 0.3) is 0 Å². The van der Waals surface area contributed by atoms with Crippen LogP contribution in [0, 0.1) is 5.82 Å². The Kier molecular flexibility index (Phi) is 6.53. The third-order valence-corrected chi connectivity index (χ3v) is 1.78. The molecule has 4 nitrogen and oxygen atoms in total. The summed E-state index contributed by atoms with van der Waals surface area (Å²) in [4.78, 5) is 19.1. The van der Waals surface area contributed by atoms with Crippen LogP contribution in [0.2, 0.25) is 0 Å². The van der Waals surface area contributed by atoms with Crippen molar-refractivity contribution >= 4 is 11.9 Å². The smallest absolute Gasteiger partial charge is 0.481 e. The molecule has 0 atom stereocenters. The Hall–Kier alpha value is -2.12. The molecule has 0 saturated carbocycles. The van der Waals surface area contributed by atoms with E-state index in [-0.39, 0.29) is 12.2 Å². The van der Waals surface area contributed by atoms with Gasteiger partial charge in [0, 0.05) is 6.42 Å². The molecule has 0 heterocycles. The van der Waals surface area contributed by atoms with E-state index in [0.29, 0.717) is 6.42 Å². The highest BCUT2D eigenvalue weighted by molar-refractivity contribution is 5.73. The van der Waals surface area contributed by atoms with Gasteiger partial charge in [-0.3, -0.25) is 4.79 Å². The van der Waals surface area contributed by atoms with E-state index in [1.807, 2.05) is 0 Å². The number of aliphatic carboxylic acids is 2. The third-order valence-electron chi connectivity index (χ3n) is 1.78. The molecule has 0 spiro atoms. The number of rotatable bonds is 3. The SMILES string of the molecule is O=C(O)C(F)(F)F.O=C(O)CCc1ccc(F)cc1. The first-order chi connectivity index (χ1) is 8.62. The van der Waals surface area contributed by atoms with Gasteiger partial charge in [-0.25, -0.2) is 9.18 Å². The first-order valence-corrected chi connectivity index (χ1v) is 4.89. The van der Waals surface area contributed by atoms with Crippen molar-refractivity contribution in [3.63, 3.8) is 0 Å². The van der Waals surface area contributed by atoms with Crippen molar-refractivity contribution in [1.29, 1.82) is 0 Å². The van der Waals surface area contributed by atoms with E-state index < -0.39 is 18.1 Å². The summed E-state index contributed by atoms with van der Waals surface area (Å²) in [5, 5.41) is 15.5. The maximum absolute atomic E-state index is 12.4. The topological polar surface area (TPSA) is 74.6 Å². The molecule has 2 N–H and O–H groups in total. The van der Waals surface area contributed by atoms with Crippen molar-refractivity contribution in [1.82, 2.24) is 0 Å². The van der Waals surface area contributed by atoms with E-state index in [1.165, 1.54) is 12.1 Å². The zero-order chi connectivity index (χ0) is 15.1. The fourth-order valence-corrected chi connectivity index (χ4v) is 0.902. The molecule has 0 bridgehead atoms. The number of alkyl halides is 3. The number of hydrogen-bond acceptors (Lipinski definition) is 2. The Bertz CT molecular complexity index is 425. The summed E-state index contributed by atoms with van der Waals surface area (Å²) in [5.41, 5.74) is 0.846. The lowest BCUT2D eigenvalue weighted by atomic mass is 10.1. The maximum atomic E-state index is 12.4. The monoisotopic (exact) mass is 282 g/mol. The lowest BCUT2D eigenvalue weighted by Crippen LogP contribution is -2.21. The number of halogens is 4. The fraction of sp³-hybridized carbons (Fsp3) is 0.273. The first kappa shape index (κ1) is 16.9. The minimum Gasteiger partial charge on any atom is -0.481 e. The molecule has 0 amide bonds. The van der Waals surface area contributed by atoms with Crippen molar-refractivity contribution < 1.29 is 37.4 Å². The summed E-state index contributed by atoms with van der Waals surface area (Å²) < 4.78 is 44.1. The number of benzene rings is 1.